The summed E-state index contributed by atoms with van der Waals surface area (Å²) in [4.78, 5) is 25.2. The van der Waals surface area contributed by atoms with E-state index in [0.29, 0.717) is 17.1 Å². The Hall–Kier alpha value is -2.82. The summed E-state index contributed by atoms with van der Waals surface area (Å²) < 4.78 is 10.7. The van der Waals surface area contributed by atoms with Gasteiger partial charge in [-0.15, -0.1) is 0 Å². The van der Waals surface area contributed by atoms with Crippen molar-refractivity contribution in [2.45, 2.75) is 33.7 Å². The van der Waals surface area contributed by atoms with Crippen LogP contribution in [-0.4, -0.2) is 25.0 Å². The monoisotopic (exact) mass is 355 g/mol. The third-order valence-corrected chi connectivity index (χ3v) is 4.17. The van der Waals surface area contributed by atoms with Gasteiger partial charge in [-0.2, -0.15) is 0 Å². The molecule has 0 aliphatic rings. The molecular formula is C21H25NO4. The first-order chi connectivity index (χ1) is 12.3. The minimum atomic E-state index is -0.747. The molecule has 1 N–H and O–H groups in total. The van der Waals surface area contributed by atoms with Crippen molar-refractivity contribution in [3.63, 3.8) is 0 Å². The molecule has 2 aromatic rings. The zero-order chi connectivity index (χ0) is 19.3. The highest BCUT2D eigenvalue weighted by molar-refractivity contribution is 5.97. The predicted octanol–water partition coefficient (Wildman–Crippen LogP) is 3.67. The molecule has 5 nitrogen and oxygen atoms in total. The fraction of sp³-hybridized carbons (Fsp3) is 0.333. The summed E-state index contributed by atoms with van der Waals surface area (Å²) in [6.07, 6.45) is 0. The Bertz CT molecular complexity index is 761. The first-order valence-electron chi connectivity index (χ1n) is 8.56. The van der Waals surface area contributed by atoms with Crippen LogP contribution in [0.2, 0.25) is 0 Å². The fourth-order valence-electron chi connectivity index (χ4n) is 2.59. The van der Waals surface area contributed by atoms with Gasteiger partial charge in [-0.3, -0.25) is 4.79 Å². The van der Waals surface area contributed by atoms with Crippen LogP contribution < -0.4 is 14.8 Å². The van der Waals surface area contributed by atoms with Crippen molar-refractivity contribution in [1.82, 2.24) is 5.32 Å². The van der Waals surface area contributed by atoms with Crippen molar-refractivity contribution in [3.05, 3.63) is 59.2 Å². The summed E-state index contributed by atoms with van der Waals surface area (Å²) in [6, 6.07) is 11.6. The molecule has 0 saturated carbocycles. The summed E-state index contributed by atoms with van der Waals surface area (Å²) in [6.45, 7) is 7.50. The van der Waals surface area contributed by atoms with E-state index in [4.69, 9.17) is 9.47 Å². The third kappa shape index (κ3) is 4.63. The molecule has 0 fully saturated rings. The summed E-state index contributed by atoms with van der Waals surface area (Å²) >= 11 is 0. The van der Waals surface area contributed by atoms with Crippen molar-refractivity contribution in [2.75, 3.05) is 7.11 Å². The summed E-state index contributed by atoms with van der Waals surface area (Å²) in [5.74, 6) is 0.288. The second-order valence-corrected chi connectivity index (χ2v) is 6.57. The number of para-hydroxylation sites is 1. The van der Waals surface area contributed by atoms with E-state index in [-0.39, 0.29) is 11.8 Å². The molecule has 2 aromatic carbocycles. The third-order valence-electron chi connectivity index (χ3n) is 4.17. The van der Waals surface area contributed by atoms with Crippen molar-refractivity contribution in [1.29, 1.82) is 0 Å². The molecule has 0 unspecified atom stereocenters. The van der Waals surface area contributed by atoms with E-state index in [2.05, 4.69) is 5.32 Å². The Morgan fingerprint density at radius 1 is 0.962 bits per heavy atom. The standard InChI is InChI=1S/C21H25NO4/c1-13(2)18(21(24)26-19-14(3)7-6-8-15(19)4)22-20(23)16-9-11-17(25-5)12-10-16/h6-13,18H,1-5H3,(H,22,23)/t18-/m0/s1. The lowest BCUT2D eigenvalue weighted by molar-refractivity contribution is -0.137. The van der Waals surface area contributed by atoms with Crippen LogP contribution in [0.1, 0.15) is 35.3 Å². The molecule has 138 valence electrons. The number of nitrogens with one attached hydrogen (secondary N) is 1. The van der Waals surface area contributed by atoms with E-state index in [0.717, 1.165) is 11.1 Å². The van der Waals surface area contributed by atoms with Crippen LogP contribution in [0.3, 0.4) is 0 Å². The molecule has 0 aromatic heterocycles. The highest BCUT2D eigenvalue weighted by Gasteiger charge is 2.27. The average molecular weight is 355 g/mol. The Balaban J connectivity index is 2.14. The van der Waals surface area contributed by atoms with Crippen LogP contribution in [0.15, 0.2) is 42.5 Å². The van der Waals surface area contributed by atoms with E-state index in [1.807, 2.05) is 45.9 Å². The summed E-state index contributed by atoms with van der Waals surface area (Å²) in [5.41, 5.74) is 2.21. The Morgan fingerprint density at radius 2 is 1.54 bits per heavy atom. The number of benzene rings is 2. The molecule has 1 atom stereocenters. The first-order valence-corrected chi connectivity index (χ1v) is 8.56. The predicted molar refractivity (Wildman–Crippen MR) is 101 cm³/mol. The van der Waals surface area contributed by atoms with Crippen LogP contribution in [0.25, 0.3) is 0 Å². The van der Waals surface area contributed by atoms with Gasteiger partial charge in [0.1, 0.15) is 17.5 Å². The van der Waals surface area contributed by atoms with Gasteiger partial charge < -0.3 is 14.8 Å². The molecule has 0 aliphatic heterocycles. The maximum atomic E-state index is 12.7. The van der Waals surface area contributed by atoms with Crippen LogP contribution in [0, 0.1) is 19.8 Å². The van der Waals surface area contributed by atoms with Crippen molar-refractivity contribution in [3.8, 4) is 11.5 Å². The molecule has 0 heterocycles. The maximum Gasteiger partial charge on any atom is 0.334 e. The van der Waals surface area contributed by atoms with E-state index >= 15 is 0 Å². The first kappa shape index (κ1) is 19.5. The largest absolute Gasteiger partial charge is 0.497 e. The number of amides is 1. The van der Waals surface area contributed by atoms with Crippen molar-refractivity contribution < 1.29 is 19.1 Å². The van der Waals surface area contributed by atoms with Gasteiger partial charge in [0, 0.05) is 5.56 Å². The van der Waals surface area contributed by atoms with Crippen LogP contribution in [0.4, 0.5) is 0 Å². The number of carbonyl (C=O) groups is 2. The van der Waals surface area contributed by atoms with Gasteiger partial charge in [0.2, 0.25) is 0 Å². The van der Waals surface area contributed by atoms with Gasteiger partial charge in [-0.25, -0.2) is 4.79 Å². The average Bonchev–Trinajstić information content (AvgIpc) is 2.62. The highest BCUT2D eigenvalue weighted by Crippen LogP contribution is 2.23. The van der Waals surface area contributed by atoms with Crippen LogP contribution in [-0.2, 0) is 4.79 Å². The fourth-order valence-corrected chi connectivity index (χ4v) is 2.59. The molecule has 0 aliphatic carbocycles. The van der Waals surface area contributed by atoms with E-state index in [9.17, 15) is 9.59 Å². The van der Waals surface area contributed by atoms with Crippen molar-refractivity contribution >= 4 is 11.9 Å². The minimum Gasteiger partial charge on any atom is -0.497 e. The highest BCUT2D eigenvalue weighted by atomic mass is 16.5. The van der Waals surface area contributed by atoms with E-state index < -0.39 is 12.0 Å². The molecule has 5 heteroatoms. The quantitative estimate of drug-likeness (QED) is 0.634. The smallest absolute Gasteiger partial charge is 0.334 e. The summed E-state index contributed by atoms with van der Waals surface area (Å²) in [7, 11) is 1.56. The summed E-state index contributed by atoms with van der Waals surface area (Å²) in [5, 5.41) is 2.77. The molecule has 26 heavy (non-hydrogen) atoms. The molecule has 1 amide bonds. The zero-order valence-corrected chi connectivity index (χ0v) is 15.8. The number of carbonyl (C=O) groups excluding carboxylic acids is 2. The van der Waals surface area contributed by atoms with Gasteiger partial charge in [-0.05, 0) is 55.2 Å². The van der Waals surface area contributed by atoms with Gasteiger partial charge in [0.15, 0.2) is 0 Å². The van der Waals surface area contributed by atoms with Crippen molar-refractivity contribution in [2.24, 2.45) is 5.92 Å². The number of hydrogen-bond donors (Lipinski definition) is 1. The zero-order valence-electron chi connectivity index (χ0n) is 15.8. The van der Waals surface area contributed by atoms with Crippen LogP contribution in [0.5, 0.6) is 11.5 Å². The minimum absolute atomic E-state index is 0.117. The van der Waals surface area contributed by atoms with Gasteiger partial charge in [0.05, 0.1) is 7.11 Å². The maximum absolute atomic E-state index is 12.7. The van der Waals surface area contributed by atoms with Gasteiger partial charge >= 0.3 is 5.97 Å². The number of ether oxygens (including phenoxy) is 2. The molecular weight excluding hydrogens is 330 g/mol. The molecule has 0 saturated heterocycles. The molecule has 0 spiro atoms. The second kappa shape index (κ2) is 8.52. The normalized spacial score (nSPS) is 11.8. The number of esters is 1. The SMILES string of the molecule is COc1ccc(C(=O)N[C@H](C(=O)Oc2c(C)cccc2C)C(C)C)cc1. The number of rotatable bonds is 6. The lowest BCUT2D eigenvalue weighted by atomic mass is 10.0. The van der Waals surface area contributed by atoms with Crippen LogP contribution >= 0.6 is 0 Å². The molecule has 0 radical (unpaired) electrons. The Kier molecular flexibility index (Phi) is 6.39. The molecule has 0 bridgehead atoms. The van der Waals surface area contributed by atoms with E-state index in [1.165, 1.54) is 0 Å². The Morgan fingerprint density at radius 3 is 2.04 bits per heavy atom. The molecule has 2 rings (SSSR count). The lowest BCUT2D eigenvalue weighted by Crippen LogP contribution is -2.46. The topological polar surface area (TPSA) is 64.6 Å². The Labute approximate surface area is 154 Å². The number of methoxy groups -OCH3 is 1. The number of aryl methyl sites for hydroxylation is 2. The second-order valence-electron chi connectivity index (χ2n) is 6.57. The van der Waals surface area contributed by atoms with E-state index in [1.54, 1.807) is 31.4 Å². The van der Waals surface area contributed by atoms with Gasteiger partial charge in [0.25, 0.3) is 5.91 Å². The lowest BCUT2D eigenvalue weighted by Gasteiger charge is -2.22. The number of hydrogen-bond acceptors (Lipinski definition) is 4. The van der Waals surface area contributed by atoms with Gasteiger partial charge in [-0.1, -0.05) is 32.0 Å².